The second kappa shape index (κ2) is 10.3. The van der Waals surface area contributed by atoms with Crippen molar-refractivity contribution in [3.8, 4) is 5.75 Å². The van der Waals surface area contributed by atoms with Crippen LogP contribution in [0.1, 0.15) is 56.3 Å². The molecule has 134 valence electrons. The molecular formula is C20H32O3Si. The number of benzene rings is 1. The molecule has 0 radical (unpaired) electrons. The minimum absolute atomic E-state index is 0.000499. The number of carbonyl (C=O) groups excluding carboxylic acids is 1. The van der Waals surface area contributed by atoms with Gasteiger partial charge in [0.15, 0.2) is 5.78 Å². The van der Waals surface area contributed by atoms with E-state index in [0.29, 0.717) is 5.56 Å². The SMILES string of the molecule is CCCCOc1ccc(C(=O)/C=C(/CCCC)O[Si](C)(C)C)cc1. The van der Waals surface area contributed by atoms with Crippen molar-refractivity contribution in [2.45, 2.75) is 65.6 Å². The van der Waals surface area contributed by atoms with E-state index in [-0.39, 0.29) is 5.78 Å². The van der Waals surface area contributed by atoms with E-state index in [0.717, 1.165) is 50.2 Å². The van der Waals surface area contributed by atoms with Crippen LogP contribution < -0.4 is 4.74 Å². The number of unbranched alkanes of at least 4 members (excludes halogenated alkanes) is 2. The largest absolute Gasteiger partial charge is 0.547 e. The van der Waals surface area contributed by atoms with Crippen molar-refractivity contribution in [2.24, 2.45) is 0 Å². The standard InChI is InChI=1S/C20H32O3Si/c1-6-8-10-19(23-24(3,4)5)16-20(21)17-11-13-18(14-12-17)22-15-9-7-2/h11-14,16H,6-10,15H2,1-5H3/b19-16-. The zero-order chi connectivity index (χ0) is 18.0. The second-order valence-electron chi connectivity index (χ2n) is 7.02. The van der Waals surface area contributed by atoms with Crippen LogP contribution in [0, 0.1) is 0 Å². The molecule has 0 spiro atoms. The minimum Gasteiger partial charge on any atom is -0.547 e. The molecule has 0 fully saturated rings. The molecule has 4 heteroatoms. The lowest BCUT2D eigenvalue weighted by Crippen LogP contribution is -2.25. The lowest BCUT2D eigenvalue weighted by atomic mass is 10.1. The molecule has 0 heterocycles. The summed E-state index contributed by atoms with van der Waals surface area (Å²) in [6, 6.07) is 7.38. The molecule has 0 aromatic heterocycles. The Morgan fingerprint density at radius 1 is 1.04 bits per heavy atom. The summed E-state index contributed by atoms with van der Waals surface area (Å²) in [6.45, 7) is 11.4. The maximum atomic E-state index is 12.5. The lowest BCUT2D eigenvalue weighted by Gasteiger charge is -2.21. The van der Waals surface area contributed by atoms with Gasteiger partial charge < -0.3 is 9.16 Å². The number of carbonyl (C=O) groups is 1. The maximum absolute atomic E-state index is 12.5. The molecular weight excluding hydrogens is 316 g/mol. The molecule has 0 saturated carbocycles. The fourth-order valence-corrected chi connectivity index (χ4v) is 3.12. The molecule has 0 saturated heterocycles. The van der Waals surface area contributed by atoms with Crippen LogP contribution in [0.4, 0.5) is 0 Å². The van der Waals surface area contributed by atoms with Gasteiger partial charge in [-0.25, -0.2) is 0 Å². The third-order valence-electron chi connectivity index (χ3n) is 3.41. The third-order valence-corrected chi connectivity index (χ3v) is 4.29. The molecule has 1 aromatic rings. The molecule has 0 atom stereocenters. The highest BCUT2D eigenvalue weighted by atomic mass is 28.4. The molecule has 1 aromatic carbocycles. The average Bonchev–Trinajstić information content (AvgIpc) is 2.52. The number of hydrogen-bond donors (Lipinski definition) is 0. The molecule has 0 aliphatic carbocycles. The van der Waals surface area contributed by atoms with Gasteiger partial charge in [-0.3, -0.25) is 4.79 Å². The van der Waals surface area contributed by atoms with Crippen LogP contribution >= 0.6 is 0 Å². The van der Waals surface area contributed by atoms with Gasteiger partial charge in [-0.05, 0) is 56.7 Å². The fraction of sp³-hybridized carbons (Fsp3) is 0.550. The normalized spacial score (nSPS) is 12.1. The van der Waals surface area contributed by atoms with Gasteiger partial charge in [0.25, 0.3) is 0 Å². The van der Waals surface area contributed by atoms with Crippen molar-refractivity contribution in [3.63, 3.8) is 0 Å². The van der Waals surface area contributed by atoms with Crippen LogP contribution in [0.15, 0.2) is 36.1 Å². The monoisotopic (exact) mass is 348 g/mol. The van der Waals surface area contributed by atoms with Gasteiger partial charge in [0.2, 0.25) is 8.32 Å². The zero-order valence-electron chi connectivity index (χ0n) is 15.9. The van der Waals surface area contributed by atoms with Crippen LogP contribution in [0.5, 0.6) is 5.75 Å². The summed E-state index contributed by atoms with van der Waals surface area (Å²) in [7, 11) is -1.71. The first-order valence-corrected chi connectivity index (χ1v) is 12.4. The number of ketones is 1. The zero-order valence-corrected chi connectivity index (χ0v) is 16.9. The van der Waals surface area contributed by atoms with Crippen molar-refractivity contribution in [3.05, 3.63) is 41.7 Å². The van der Waals surface area contributed by atoms with Crippen LogP contribution in [0.3, 0.4) is 0 Å². The average molecular weight is 349 g/mol. The fourth-order valence-electron chi connectivity index (χ4n) is 2.18. The molecule has 0 unspecified atom stereocenters. The second-order valence-corrected chi connectivity index (χ2v) is 11.4. The van der Waals surface area contributed by atoms with E-state index >= 15 is 0 Å². The predicted octanol–water partition coefficient (Wildman–Crippen LogP) is 5.97. The Kier molecular flexibility index (Phi) is 8.83. The quantitative estimate of drug-likeness (QED) is 0.162. The van der Waals surface area contributed by atoms with Crippen LogP contribution in [0.25, 0.3) is 0 Å². The van der Waals surface area contributed by atoms with Gasteiger partial charge in [-0.1, -0.05) is 26.7 Å². The predicted molar refractivity (Wildman–Crippen MR) is 103 cm³/mol. The summed E-state index contributed by atoms with van der Waals surface area (Å²) in [5.41, 5.74) is 0.672. The van der Waals surface area contributed by atoms with Crippen molar-refractivity contribution < 1.29 is 14.0 Å². The summed E-state index contributed by atoms with van der Waals surface area (Å²) in [5.74, 6) is 1.64. The smallest absolute Gasteiger partial charge is 0.241 e. The minimum atomic E-state index is -1.71. The van der Waals surface area contributed by atoms with Crippen LogP contribution in [0.2, 0.25) is 19.6 Å². The van der Waals surface area contributed by atoms with Crippen LogP contribution in [-0.2, 0) is 4.43 Å². The van der Waals surface area contributed by atoms with Crippen molar-refractivity contribution in [2.75, 3.05) is 6.61 Å². The molecule has 0 aliphatic heterocycles. The molecule has 0 aliphatic rings. The van der Waals surface area contributed by atoms with E-state index < -0.39 is 8.32 Å². The third kappa shape index (κ3) is 8.34. The van der Waals surface area contributed by atoms with Crippen LogP contribution in [-0.4, -0.2) is 20.7 Å². The maximum Gasteiger partial charge on any atom is 0.241 e. The van der Waals surface area contributed by atoms with Crippen molar-refractivity contribution >= 4 is 14.1 Å². The van der Waals surface area contributed by atoms with Gasteiger partial charge in [-0.15, -0.1) is 0 Å². The molecule has 1 rings (SSSR count). The van der Waals surface area contributed by atoms with Gasteiger partial charge in [0, 0.05) is 18.1 Å². The summed E-state index contributed by atoms with van der Waals surface area (Å²) in [4.78, 5) is 12.5. The van der Waals surface area contributed by atoms with E-state index in [9.17, 15) is 4.79 Å². The Labute approximate surface area is 148 Å². The van der Waals surface area contributed by atoms with Gasteiger partial charge in [0.05, 0.1) is 12.4 Å². The summed E-state index contributed by atoms with van der Waals surface area (Å²) in [6.07, 6.45) is 6.76. The van der Waals surface area contributed by atoms with E-state index in [1.165, 1.54) is 0 Å². The van der Waals surface area contributed by atoms with Gasteiger partial charge in [-0.2, -0.15) is 0 Å². The first-order valence-electron chi connectivity index (χ1n) is 9.02. The van der Waals surface area contributed by atoms with E-state index in [4.69, 9.17) is 9.16 Å². The Bertz CT molecular complexity index is 527. The number of hydrogen-bond acceptors (Lipinski definition) is 3. The molecule has 3 nitrogen and oxygen atoms in total. The van der Waals surface area contributed by atoms with E-state index in [1.807, 2.05) is 24.3 Å². The first-order chi connectivity index (χ1) is 11.4. The summed E-state index contributed by atoms with van der Waals surface area (Å²) >= 11 is 0. The summed E-state index contributed by atoms with van der Waals surface area (Å²) < 4.78 is 11.7. The molecule has 24 heavy (non-hydrogen) atoms. The molecule has 0 amide bonds. The first kappa shape index (κ1) is 20.5. The molecule has 0 bridgehead atoms. The van der Waals surface area contributed by atoms with Gasteiger partial charge >= 0.3 is 0 Å². The highest BCUT2D eigenvalue weighted by Gasteiger charge is 2.18. The lowest BCUT2D eigenvalue weighted by molar-refractivity contribution is 0.104. The Hall–Kier alpha value is -1.55. The Morgan fingerprint density at radius 2 is 1.67 bits per heavy atom. The highest BCUT2D eigenvalue weighted by molar-refractivity contribution is 6.70. The summed E-state index contributed by atoms with van der Waals surface area (Å²) in [5, 5.41) is 0. The Balaban J connectivity index is 2.77. The van der Waals surface area contributed by atoms with E-state index in [2.05, 4.69) is 33.5 Å². The van der Waals surface area contributed by atoms with E-state index in [1.54, 1.807) is 6.08 Å². The topological polar surface area (TPSA) is 35.5 Å². The number of rotatable bonds is 11. The highest BCUT2D eigenvalue weighted by Crippen LogP contribution is 2.19. The number of ether oxygens (including phenoxy) is 1. The van der Waals surface area contributed by atoms with Crippen molar-refractivity contribution in [1.82, 2.24) is 0 Å². The van der Waals surface area contributed by atoms with Crippen molar-refractivity contribution in [1.29, 1.82) is 0 Å². The van der Waals surface area contributed by atoms with Gasteiger partial charge in [0.1, 0.15) is 5.75 Å². The number of allylic oxidation sites excluding steroid dienone is 2. The molecule has 0 N–H and O–H groups in total. The Morgan fingerprint density at radius 3 is 2.21 bits per heavy atom.